The van der Waals surface area contributed by atoms with Crippen LogP contribution in [-0.4, -0.2) is 17.4 Å². The van der Waals surface area contributed by atoms with Crippen LogP contribution in [0, 0.1) is 11.7 Å². The van der Waals surface area contributed by atoms with E-state index in [2.05, 4.69) is 6.92 Å². The molecule has 1 fully saturated rings. The lowest BCUT2D eigenvalue weighted by Crippen LogP contribution is -2.29. The second-order valence-corrected chi connectivity index (χ2v) is 5.27. The fourth-order valence-corrected chi connectivity index (χ4v) is 2.56. The summed E-state index contributed by atoms with van der Waals surface area (Å²) < 4.78 is 13.4. The van der Waals surface area contributed by atoms with Gasteiger partial charge in [-0.05, 0) is 36.5 Å². The fraction of sp³-hybridized carbons (Fsp3) is 0.533. The third-order valence-corrected chi connectivity index (χ3v) is 3.94. The standard InChI is InChI=1S/C15H21FN2O/c1-2-11-4-6-15(19)18(8-7-11)10-12-3-5-14(17)13(16)9-12/h3,5,9,11H,2,4,6-8,10,17H2,1H3. The number of halogens is 1. The van der Waals surface area contributed by atoms with Gasteiger partial charge in [-0.2, -0.15) is 0 Å². The molecule has 1 aliphatic heterocycles. The number of nitrogens with two attached hydrogens (primary N) is 1. The van der Waals surface area contributed by atoms with Crippen molar-refractivity contribution in [2.75, 3.05) is 12.3 Å². The van der Waals surface area contributed by atoms with Gasteiger partial charge in [-0.25, -0.2) is 4.39 Å². The Morgan fingerprint density at radius 3 is 2.89 bits per heavy atom. The number of benzene rings is 1. The summed E-state index contributed by atoms with van der Waals surface area (Å²) in [7, 11) is 0. The SMILES string of the molecule is CCC1CCC(=O)N(Cc2ccc(N)c(F)c2)CC1. The molecule has 1 atom stereocenters. The van der Waals surface area contributed by atoms with Crippen LogP contribution in [0.25, 0.3) is 0 Å². The summed E-state index contributed by atoms with van der Waals surface area (Å²) in [5.41, 5.74) is 6.41. The van der Waals surface area contributed by atoms with E-state index in [4.69, 9.17) is 5.73 Å². The number of carbonyl (C=O) groups is 1. The molecule has 1 amide bonds. The number of amides is 1. The van der Waals surface area contributed by atoms with Crippen molar-refractivity contribution in [2.24, 2.45) is 5.92 Å². The average Bonchev–Trinajstić information content (AvgIpc) is 2.57. The Morgan fingerprint density at radius 1 is 1.42 bits per heavy atom. The van der Waals surface area contributed by atoms with Crippen LogP contribution in [0.2, 0.25) is 0 Å². The Hall–Kier alpha value is -1.58. The van der Waals surface area contributed by atoms with Crippen LogP contribution in [0.15, 0.2) is 18.2 Å². The summed E-state index contributed by atoms with van der Waals surface area (Å²) >= 11 is 0. The first-order valence-corrected chi connectivity index (χ1v) is 6.91. The van der Waals surface area contributed by atoms with E-state index in [1.807, 2.05) is 4.90 Å². The van der Waals surface area contributed by atoms with Crippen molar-refractivity contribution < 1.29 is 9.18 Å². The van der Waals surface area contributed by atoms with E-state index in [9.17, 15) is 9.18 Å². The van der Waals surface area contributed by atoms with E-state index < -0.39 is 5.82 Å². The molecule has 2 rings (SSSR count). The molecule has 0 aromatic heterocycles. The summed E-state index contributed by atoms with van der Waals surface area (Å²) in [4.78, 5) is 13.9. The van der Waals surface area contributed by atoms with Crippen molar-refractivity contribution >= 4 is 11.6 Å². The summed E-state index contributed by atoms with van der Waals surface area (Å²) in [6, 6.07) is 4.76. The second-order valence-electron chi connectivity index (χ2n) is 5.27. The predicted octanol–water partition coefficient (Wildman–Crippen LogP) is 2.95. The van der Waals surface area contributed by atoms with Gasteiger partial charge in [-0.15, -0.1) is 0 Å². The van der Waals surface area contributed by atoms with Crippen LogP contribution in [0.4, 0.5) is 10.1 Å². The van der Waals surface area contributed by atoms with E-state index in [1.165, 1.54) is 6.07 Å². The molecule has 1 aliphatic rings. The van der Waals surface area contributed by atoms with Crippen molar-refractivity contribution in [3.63, 3.8) is 0 Å². The first kappa shape index (κ1) is 13.8. The Bertz CT molecular complexity index is 461. The summed E-state index contributed by atoms with van der Waals surface area (Å²) in [6.45, 7) is 3.41. The molecule has 1 heterocycles. The minimum atomic E-state index is -0.411. The number of nitrogens with zero attached hydrogens (tertiary/aromatic N) is 1. The molecule has 2 N–H and O–H groups in total. The van der Waals surface area contributed by atoms with E-state index in [0.717, 1.165) is 31.4 Å². The highest BCUT2D eigenvalue weighted by molar-refractivity contribution is 5.76. The van der Waals surface area contributed by atoms with Crippen LogP contribution >= 0.6 is 0 Å². The minimum Gasteiger partial charge on any atom is -0.396 e. The minimum absolute atomic E-state index is 0.150. The number of carbonyl (C=O) groups excluding carboxylic acids is 1. The number of hydrogen-bond donors (Lipinski definition) is 1. The maximum absolute atomic E-state index is 13.4. The maximum atomic E-state index is 13.4. The zero-order valence-electron chi connectivity index (χ0n) is 11.4. The molecule has 0 saturated carbocycles. The van der Waals surface area contributed by atoms with Crippen LogP contribution in [0.5, 0.6) is 0 Å². The van der Waals surface area contributed by atoms with Crippen molar-refractivity contribution in [1.82, 2.24) is 4.90 Å². The molecule has 3 nitrogen and oxygen atoms in total. The number of likely N-dealkylation sites (tertiary alicyclic amines) is 1. The monoisotopic (exact) mass is 264 g/mol. The first-order chi connectivity index (χ1) is 9.10. The molecule has 0 radical (unpaired) electrons. The van der Waals surface area contributed by atoms with Gasteiger partial charge in [-0.3, -0.25) is 4.79 Å². The van der Waals surface area contributed by atoms with Gasteiger partial charge < -0.3 is 10.6 Å². The van der Waals surface area contributed by atoms with E-state index in [-0.39, 0.29) is 11.6 Å². The molecular formula is C15H21FN2O. The Morgan fingerprint density at radius 2 is 2.21 bits per heavy atom. The molecule has 0 aliphatic carbocycles. The Balaban J connectivity index is 2.04. The lowest BCUT2D eigenvalue weighted by atomic mass is 9.98. The van der Waals surface area contributed by atoms with E-state index >= 15 is 0 Å². The van der Waals surface area contributed by atoms with Crippen LogP contribution in [-0.2, 0) is 11.3 Å². The van der Waals surface area contributed by atoms with Gasteiger partial charge in [0.2, 0.25) is 5.91 Å². The van der Waals surface area contributed by atoms with Crippen molar-refractivity contribution in [3.05, 3.63) is 29.6 Å². The fourth-order valence-electron chi connectivity index (χ4n) is 2.56. The Labute approximate surface area is 113 Å². The highest BCUT2D eigenvalue weighted by Gasteiger charge is 2.21. The molecule has 1 saturated heterocycles. The van der Waals surface area contributed by atoms with Gasteiger partial charge >= 0.3 is 0 Å². The van der Waals surface area contributed by atoms with Gasteiger partial charge in [0.25, 0.3) is 0 Å². The summed E-state index contributed by atoms with van der Waals surface area (Å²) in [5.74, 6) is 0.400. The summed E-state index contributed by atoms with van der Waals surface area (Å²) in [6.07, 6.45) is 3.75. The smallest absolute Gasteiger partial charge is 0.222 e. The number of nitrogen functional groups attached to an aromatic ring is 1. The molecule has 104 valence electrons. The van der Waals surface area contributed by atoms with Crippen LogP contribution in [0.3, 0.4) is 0 Å². The zero-order chi connectivity index (χ0) is 13.8. The quantitative estimate of drug-likeness (QED) is 0.853. The Kier molecular flexibility index (Phi) is 4.40. The zero-order valence-corrected chi connectivity index (χ0v) is 11.4. The summed E-state index contributed by atoms with van der Waals surface area (Å²) in [5, 5.41) is 0. The lowest BCUT2D eigenvalue weighted by Gasteiger charge is -2.21. The average molecular weight is 264 g/mol. The van der Waals surface area contributed by atoms with Gasteiger partial charge in [0.15, 0.2) is 0 Å². The van der Waals surface area contributed by atoms with E-state index in [1.54, 1.807) is 12.1 Å². The molecule has 19 heavy (non-hydrogen) atoms. The molecule has 0 spiro atoms. The number of hydrogen-bond acceptors (Lipinski definition) is 2. The molecule has 1 unspecified atom stereocenters. The van der Waals surface area contributed by atoms with Crippen LogP contribution in [0.1, 0.15) is 38.2 Å². The van der Waals surface area contributed by atoms with Crippen LogP contribution < -0.4 is 5.73 Å². The van der Waals surface area contributed by atoms with Gasteiger partial charge in [0.1, 0.15) is 5.82 Å². The van der Waals surface area contributed by atoms with Gasteiger partial charge in [0.05, 0.1) is 5.69 Å². The first-order valence-electron chi connectivity index (χ1n) is 6.91. The van der Waals surface area contributed by atoms with Gasteiger partial charge in [-0.1, -0.05) is 19.4 Å². The van der Waals surface area contributed by atoms with Gasteiger partial charge in [0, 0.05) is 19.5 Å². The van der Waals surface area contributed by atoms with Crippen molar-refractivity contribution in [3.8, 4) is 0 Å². The maximum Gasteiger partial charge on any atom is 0.222 e. The third-order valence-electron chi connectivity index (χ3n) is 3.94. The molecule has 1 aromatic carbocycles. The van der Waals surface area contributed by atoms with Crippen molar-refractivity contribution in [2.45, 2.75) is 39.2 Å². The third kappa shape index (κ3) is 3.46. The second kappa shape index (κ2) is 6.04. The number of anilines is 1. The largest absolute Gasteiger partial charge is 0.396 e. The topological polar surface area (TPSA) is 46.3 Å². The number of rotatable bonds is 3. The molecule has 0 bridgehead atoms. The highest BCUT2D eigenvalue weighted by atomic mass is 19.1. The van der Waals surface area contributed by atoms with E-state index in [0.29, 0.717) is 18.9 Å². The predicted molar refractivity (Wildman–Crippen MR) is 73.9 cm³/mol. The normalized spacial score (nSPS) is 20.4. The molecule has 1 aromatic rings. The van der Waals surface area contributed by atoms with Crippen molar-refractivity contribution in [1.29, 1.82) is 0 Å². The molecular weight excluding hydrogens is 243 g/mol. The lowest BCUT2D eigenvalue weighted by molar-refractivity contribution is -0.131. The highest BCUT2D eigenvalue weighted by Crippen LogP contribution is 2.22. The molecule has 4 heteroatoms.